The van der Waals surface area contributed by atoms with E-state index < -0.39 is 0 Å². The summed E-state index contributed by atoms with van der Waals surface area (Å²) in [5.74, 6) is 0. The molecule has 0 bridgehead atoms. The minimum atomic E-state index is 0.304. The van der Waals surface area contributed by atoms with E-state index in [1.54, 1.807) is 0 Å². The molecule has 1 unspecified atom stereocenters. The van der Waals surface area contributed by atoms with Crippen LogP contribution >= 0.6 is 0 Å². The molecule has 0 amide bonds. The van der Waals surface area contributed by atoms with Crippen LogP contribution in [0.4, 0.5) is 22.7 Å². The molecule has 5 rings (SSSR count). The molecule has 1 heterocycles. The molecule has 0 spiro atoms. The zero-order chi connectivity index (χ0) is 24.4. The van der Waals surface area contributed by atoms with E-state index >= 15 is 0 Å². The van der Waals surface area contributed by atoms with Crippen molar-refractivity contribution in [2.45, 2.75) is 96.3 Å². The Morgan fingerprint density at radius 2 is 1.51 bits per heavy atom. The predicted molar refractivity (Wildman–Crippen MR) is 151 cm³/mol. The lowest BCUT2D eigenvalue weighted by Gasteiger charge is -2.38. The van der Waals surface area contributed by atoms with Crippen molar-refractivity contribution in [3.8, 4) is 0 Å². The summed E-state index contributed by atoms with van der Waals surface area (Å²) in [6.45, 7) is 13.1. The second-order valence-electron chi connectivity index (χ2n) is 10.8. The average Bonchev–Trinajstić information content (AvgIpc) is 3.16. The van der Waals surface area contributed by atoms with E-state index in [2.05, 4.69) is 89.9 Å². The summed E-state index contributed by atoms with van der Waals surface area (Å²) in [7, 11) is 0. The number of benzene rings is 2. The molecule has 0 saturated heterocycles. The Hall–Kier alpha value is -2.88. The summed E-state index contributed by atoms with van der Waals surface area (Å²) in [5, 5.41) is 7.36. The Kier molecular flexibility index (Phi) is 7.08. The molecule has 4 nitrogen and oxygen atoms in total. The number of hydrogen-bond acceptors (Lipinski definition) is 4. The Bertz CT molecular complexity index is 1060. The van der Waals surface area contributed by atoms with Crippen LogP contribution in [-0.4, -0.2) is 18.2 Å². The Labute approximate surface area is 212 Å². The largest absolute Gasteiger partial charge is 0.382 e. The number of rotatable bonds is 7. The molecular formula is C31H42N4. The molecule has 0 radical (unpaired) electrons. The van der Waals surface area contributed by atoms with Crippen molar-refractivity contribution in [1.29, 1.82) is 0 Å². The standard InChI is InChI=1S/C31H42N4/c1-22(2)34-24(4)35(29-16-9-6-10-17-29)31-21-28(18-19-30(31)34)33-27-15-11-12-25(20-27)23(3)32-26-13-7-5-8-14-26/h11-12,15,18-21,24,26,29,32-33H,1,3,5-10,13-14,16-17H2,2,4H3. The molecule has 186 valence electrons. The third kappa shape index (κ3) is 5.07. The van der Waals surface area contributed by atoms with Crippen LogP contribution in [0.3, 0.4) is 0 Å². The molecule has 4 heteroatoms. The highest BCUT2D eigenvalue weighted by Gasteiger charge is 2.37. The first-order valence-electron chi connectivity index (χ1n) is 13.7. The minimum Gasteiger partial charge on any atom is -0.382 e. The first-order valence-corrected chi connectivity index (χ1v) is 13.7. The van der Waals surface area contributed by atoms with Gasteiger partial charge in [-0.2, -0.15) is 0 Å². The van der Waals surface area contributed by atoms with E-state index in [0.29, 0.717) is 18.2 Å². The number of nitrogens with one attached hydrogen (secondary N) is 2. The fourth-order valence-corrected chi connectivity index (χ4v) is 6.45. The second-order valence-corrected chi connectivity index (χ2v) is 10.8. The summed E-state index contributed by atoms with van der Waals surface area (Å²) in [4.78, 5) is 5.05. The minimum absolute atomic E-state index is 0.304. The fourth-order valence-electron chi connectivity index (χ4n) is 6.45. The van der Waals surface area contributed by atoms with E-state index in [1.807, 2.05) is 0 Å². The number of fused-ring (bicyclic) bond motifs is 1. The van der Waals surface area contributed by atoms with Gasteiger partial charge in [0, 0.05) is 34.9 Å². The number of hydrogen-bond donors (Lipinski definition) is 2. The number of nitrogens with zero attached hydrogens (tertiary/aromatic N) is 2. The first kappa shape index (κ1) is 23.8. The molecule has 2 aliphatic carbocycles. The lowest BCUT2D eigenvalue weighted by Crippen LogP contribution is -2.46. The topological polar surface area (TPSA) is 30.5 Å². The SMILES string of the molecule is C=C(NC1CCCCC1)c1cccc(Nc2ccc3c(c2)N(C2CCCCC2)C(C)N3C(=C)C)c1. The van der Waals surface area contributed by atoms with Crippen molar-refractivity contribution in [2.75, 3.05) is 15.1 Å². The molecule has 1 aliphatic heterocycles. The average molecular weight is 471 g/mol. The summed E-state index contributed by atoms with van der Waals surface area (Å²) < 4.78 is 0. The molecular weight excluding hydrogens is 428 g/mol. The van der Waals surface area contributed by atoms with Crippen molar-refractivity contribution in [2.24, 2.45) is 0 Å². The fraction of sp³-hybridized carbons (Fsp3) is 0.484. The monoisotopic (exact) mass is 470 g/mol. The molecule has 2 aromatic carbocycles. The van der Waals surface area contributed by atoms with Crippen LogP contribution < -0.4 is 20.4 Å². The summed E-state index contributed by atoms with van der Waals surface area (Å²) in [6, 6.07) is 16.6. The summed E-state index contributed by atoms with van der Waals surface area (Å²) in [5.41, 5.74) is 8.13. The van der Waals surface area contributed by atoms with Crippen LogP contribution in [0.15, 0.2) is 61.3 Å². The third-order valence-electron chi connectivity index (χ3n) is 8.15. The maximum atomic E-state index is 4.35. The Balaban J connectivity index is 1.36. The van der Waals surface area contributed by atoms with E-state index in [0.717, 1.165) is 28.3 Å². The third-order valence-corrected chi connectivity index (χ3v) is 8.15. The van der Waals surface area contributed by atoms with E-state index in [9.17, 15) is 0 Å². The van der Waals surface area contributed by atoms with Crippen molar-refractivity contribution >= 4 is 28.4 Å². The lowest BCUT2D eigenvalue weighted by molar-refractivity contribution is 0.399. The molecule has 2 fully saturated rings. The molecule has 3 aliphatic rings. The molecule has 1 atom stereocenters. The van der Waals surface area contributed by atoms with Gasteiger partial charge in [0.05, 0.1) is 11.4 Å². The van der Waals surface area contributed by atoms with E-state index in [1.165, 1.54) is 75.6 Å². The van der Waals surface area contributed by atoms with Gasteiger partial charge in [-0.3, -0.25) is 0 Å². The molecule has 2 aromatic rings. The van der Waals surface area contributed by atoms with Gasteiger partial charge in [-0.25, -0.2) is 0 Å². The molecule has 0 aromatic heterocycles. The molecule has 35 heavy (non-hydrogen) atoms. The van der Waals surface area contributed by atoms with E-state index in [4.69, 9.17) is 0 Å². The predicted octanol–water partition coefficient (Wildman–Crippen LogP) is 8.16. The Morgan fingerprint density at radius 1 is 0.829 bits per heavy atom. The zero-order valence-electron chi connectivity index (χ0n) is 21.7. The van der Waals surface area contributed by atoms with Gasteiger partial charge in [0.15, 0.2) is 0 Å². The normalized spacial score (nSPS) is 21.0. The highest BCUT2D eigenvalue weighted by atomic mass is 15.4. The van der Waals surface area contributed by atoms with Gasteiger partial charge in [-0.05, 0) is 75.4 Å². The van der Waals surface area contributed by atoms with Gasteiger partial charge in [-0.15, -0.1) is 0 Å². The van der Waals surface area contributed by atoms with E-state index in [-0.39, 0.29) is 0 Å². The van der Waals surface area contributed by atoms with Crippen molar-refractivity contribution < 1.29 is 0 Å². The van der Waals surface area contributed by atoms with Gasteiger partial charge in [0.25, 0.3) is 0 Å². The summed E-state index contributed by atoms with van der Waals surface area (Å²) in [6.07, 6.45) is 13.4. The highest BCUT2D eigenvalue weighted by molar-refractivity contribution is 5.84. The number of anilines is 4. The van der Waals surface area contributed by atoms with Crippen LogP contribution in [0.2, 0.25) is 0 Å². The molecule has 2 saturated carbocycles. The van der Waals surface area contributed by atoms with Crippen molar-refractivity contribution in [1.82, 2.24) is 5.32 Å². The van der Waals surface area contributed by atoms with Crippen LogP contribution in [-0.2, 0) is 0 Å². The number of allylic oxidation sites excluding steroid dienone is 1. The van der Waals surface area contributed by atoms with Gasteiger partial charge in [-0.1, -0.05) is 63.8 Å². The molecule has 2 N–H and O–H groups in total. The van der Waals surface area contributed by atoms with Crippen LogP contribution in [0.25, 0.3) is 5.70 Å². The van der Waals surface area contributed by atoms with Crippen molar-refractivity contribution in [3.05, 3.63) is 66.9 Å². The zero-order valence-corrected chi connectivity index (χ0v) is 21.7. The second kappa shape index (κ2) is 10.4. The lowest BCUT2D eigenvalue weighted by atomic mass is 9.93. The maximum Gasteiger partial charge on any atom is 0.103 e. The highest BCUT2D eigenvalue weighted by Crippen LogP contribution is 2.46. The van der Waals surface area contributed by atoms with Gasteiger partial charge in [0.1, 0.15) is 6.17 Å². The van der Waals surface area contributed by atoms with Crippen LogP contribution in [0, 0.1) is 0 Å². The van der Waals surface area contributed by atoms with Crippen LogP contribution in [0.1, 0.15) is 83.6 Å². The van der Waals surface area contributed by atoms with Crippen molar-refractivity contribution in [3.63, 3.8) is 0 Å². The van der Waals surface area contributed by atoms with Gasteiger partial charge >= 0.3 is 0 Å². The Morgan fingerprint density at radius 3 is 2.23 bits per heavy atom. The van der Waals surface area contributed by atoms with Crippen LogP contribution in [0.5, 0.6) is 0 Å². The maximum absolute atomic E-state index is 4.35. The van der Waals surface area contributed by atoms with Gasteiger partial charge < -0.3 is 20.4 Å². The quantitative estimate of drug-likeness (QED) is 0.427. The van der Waals surface area contributed by atoms with Gasteiger partial charge in [0.2, 0.25) is 0 Å². The smallest absolute Gasteiger partial charge is 0.103 e. The summed E-state index contributed by atoms with van der Waals surface area (Å²) >= 11 is 0. The first-order chi connectivity index (χ1) is 17.0.